The highest BCUT2D eigenvalue weighted by molar-refractivity contribution is 5.94. The van der Waals surface area contributed by atoms with E-state index in [-0.39, 0.29) is 17.5 Å². The predicted octanol–water partition coefficient (Wildman–Crippen LogP) is 2.22. The van der Waals surface area contributed by atoms with Crippen LogP contribution in [0.3, 0.4) is 0 Å². The van der Waals surface area contributed by atoms with E-state index in [1.807, 2.05) is 19.2 Å². The van der Waals surface area contributed by atoms with Crippen LogP contribution in [0.4, 0.5) is 0 Å². The molecule has 1 amide bonds. The molecule has 0 bridgehead atoms. The monoisotopic (exact) mass is 354 g/mol. The summed E-state index contributed by atoms with van der Waals surface area (Å²) in [5.41, 5.74) is 1.36. The summed E-state index contributed by atoms with van der Waals surface area (Å²) >= 11 is 0. The van der Waals surface area contributed by atoms with Gasteiger partial charge >= 0.3 is 0 Å². The van der Waals surface area contributed by atoms with Gasteiger partial charge in [0, 0.05) is 43.3 Å². The van der Waals surface area contributed by atoms with Gasteiger partial charge in [0.2, 0.25) is 0 Å². The molecule has 1 N–H and O–H groups in total. The molecular weight excluding hydrogens is 328 g/mol. The first-order valence-corrected chi connectivity index (χ1v) is 9.31. The summed E-state index contributed by atoms with van der Waals surface area (Å²) in [4.78, 5) is 31.1. The van der Waals surface area contributed by atoms with E-state index in [4.69, 9.17) is 0 Å². The van der Waals surface area contributed by atoms with E-state index in [9.17, 15) is 9.59 Å². The number of aromatic nitrogens is 2. The molecule has 1 aliphatic heterocycles. The lowest BCUT2D eigenvalue weighted by Crippen LogP contribution is -2.40. The number of carbonyl (C=O) groups excluding carboxylic acids is 1. The van der Waals surface area contributed by atoms with Crippen LogP contribution < -0.4 is 10.9 Å². The van der Waals surface area contributed by atoms with Crippen LogP contribution in [-0.4, -0.2) is 40.0 Å². The van der Waals surface area contributed by atoms with E-state index >= 15 is 0 Å². The zero-order valence-corrected chi connectivity index (χ0v) is 15.2. The van der Waals surface area contributed by atoms with E-state index in [1.165, 1.54) is 25.3 Å². The Morgan fingerprint density at radius 2 is 2.08 bits per heavy atom. The van der Waals surface area contributed by atoms with Gasteiger partial charge in [0.25, 0.3) is 11.5 Å². The maximum Gasteiger partial charge on any atom is 0.251 e. The van der Waals surface area contributed by atoms with Gasteiger partial charge in [0.1, 0.15) is 0 Å². The van der Waals surface area contributed by atoms with Gasteiger partial charge in [-0.25, -0.2) is 0 Å². The van der Waals surface area contributed by atoms with Crippen LogP contribution in [0.1, 0.15) is 48.1 Å². The van der Waals surface area contributed by atoms with Crippen LogP contribution in [0.2, 0.25) is 0 Å². The molecule has 0 unspecified atom stereocenters. The second kappa shape index (κ2) is 8.76. The Bertz CT molecular complexity index is 782. The van der Waals surface area contributed by atoms with E-state index in [0.717, 1.165) is 18.7 Å². The van der Waals surface area contributed by atoms with Gasteiger partial charge in [-0.15, -0.1) is 0 Å². The number of nitrogens with zero attached hydrogens (tertiary/aromatic N) is 3. The molecule has 1 fully saturated rings. The Morgan fingerprint density at radius 3 is 2.73 bits per heavy atom. The van der Waals surface area contributed by atoms with Gasteiger partial charge in [-0.05, 0) is 50.6 Å². The number of piperidine rings is 1. The van der Waals surface area contributed by atoms with Crippen molar-refractivity contribution < 1.29 is 4.79 Å². The first-order chi connectivity index (χ1) is 12.7. The van der Waals surface area contributed by atoms with Gasteiger partial charge in [0.15, 0.2) is 0 Å². The summed E-state index contributed by atoms with van der Waals surface area (Å²) in [5.74, 6) is -0.212. The Morgan fingerprint density at radius 1 is 1.27 bits per heavy atom. The summed E-state index contributed by atoms with van der Waals surface area (Å²) in [7, 11) is 0. The van der Waals surface area contributed by atoms with Crippen LogP contribution in [0.15, 0.2) is 47.7 Å². The van der Waals surface area contributed by atoms with Crippen LogP contribution in [0, 0.1) is 0 Å². The van der Waals surface area contributed by atoms with Gasteiger partial charge in [-0.1, -0.05) is 12.5 Å². The number of pyridine rings is 2. The van der Waals surface area contributed by atoms with Crippen molar-refractivity contribution >= 4 is 5.91 Å². The van der Waals surface area contributed by atoms with Gasteiger partial charge < -0.3 is 9.88 Å². The third-order valence-corrected chi connectivity index (χ3v) is 4.96. The number of hydrogen-bond acceptors (Lipinski definition) is 4. The van der Waals surface area contributed by atoms with Gasteiger partial charge in [-0.2, -0.15) is 0 Å². The minimum Gasteiger partial charge on any atom is -0.350 e. The highest BCUT2D eigenvalue weighted by Gasteiger charge is 2.23. The largest absolute Gasteiger partial charge is 0.350 e. The molecule has 26 heavy (non-hydrogen) atoms. The molecule has 6 heteroatoms. The first kappa shape index (κ1) is 18.3. The fraction of sp³-hybridized carbons (Fsp3) is 0.450. The summed E-state index contributed by atoms with van der Waals surface area (Å²) in [6.07, 6.45) is 8.92. The molecule has 3 heterocycles. The van der Waals surface area contributed by atoms with Crippen LogP contribution in [-0.2, 0) is 6.54 Å². The quantitative estimate of drug-likeness (QED) is 0.864. The number of carbonyl (C=O) groups is 1. The highest BCUT2D eigenvalue weighted by atomic mass is 16.2. The SMILES string of the molecule is CCn1ccc(C(=O)NC[C@@H](c2cccnc2)N2CCCCC2)cc1=O. The van der Waals surface area contributed by atoms with E-state index in [0.29, 0.717) is 18.7 Å². The molecule has 0 aliphatic carbocycles. The normalized spacial score (nSPS) is 16.2. The zero-order chi connectivity index (χ0) is 18.4. The molecule has 0 radical (unpaired) electrons. The molecule has 6 nitrogen and oxygen atoms in total. The van der Waals surface area contributed by atoms with Crippen LogP contribution >= 0.6 is 0 Å². The number of likely N-dealkylation sites (tertiary alicyclic amines) is 1. The van der Waals surface area contributed by atoms with E-state index in [2.05, 4.69) is 21.3 Å². The predicted molar refractivity (Wildman–Crippen MR) is 101 cm³/mol. The fourth-order valence-electron chi connectivity index (χ4n) is 3.46. The molecule has 0 saturated carbocycles. The molecule has 0 spiro atoms. The summed E-state index contributed by atoms with van der Waals surface area (Å²) in [6.45, 7) is 5.06. The lowest BCUT2D eigenvalue weighted by atomic mass is 10.0. The lowest BCUT2D eigenvalue weighted by molar-refractivity contribution is 0.0924. The Labute approximate surface area is 153 Å². The molecular formula is C20H26N4O2. The van der Waals surface area contributed by atoms with Crippen molar-refractivity contribution in [2.45, 2.75) is 38.8 Å². The molecule has 138 valence electrons. The standard InChI is InChI=1S/C20H26N4O2/c1-2-23-12-8-16(13-19(23)25)20(26)22-15-18(17-7-6-9-21-14-17)24-10-4-3-5-11-24/h6-9,12-14,18H,2-5,10-11,15H2,1H3,(H,22,26)/t18-/m0/s1. The second-order valence-corrected chi connectivity index (χ2v) is 6.65. The molecule has 1 saturated heterocycles. The van der Waals surface area contributed by atoms with Crippen molar-refractivity contribution in [3.63, 3.8) is 0 Å². The first-order valence-electron chi connectivity index (χ1n) is 9.31. The van der Waals surface area contributed by atoms with Crippen molar-refractivity contribution in [1.29, 1.82) is 0 Å². The smallest absolute Gasteiger partial charge is 0.251 e. The Balaban J connectivity index is 1.71. The molecule has 2 aromatic heterocycles. The lowest BCUT2D eigenvalue weighted by Gasteiger charge is -2.34. The number of amides is 1. The Kier molecular flexibility index (Phi) is 6.17. The maximum absolute atomic E-state index is 12.5. The number of rotatable bonds is 6. The Hall–Kier alpha value is -2.47. The van der Waals surface area contributed by atoms with E-state index in [1.54, 1.807) is 23.0 Å². The van der Waals surface area contributed by atoms with Crippen molar-refractivity contribution in [3.05, 3.63) is 64.3 Å². The summed E-state index contributed by atoms with van der Waals surface area (Å²) in [6, 6.07) is 7.18. The third kappa shape index (κ3) is 4.38. The van der Waals surface area contributed by atoms with Crippen LogP contribution in [0.25, 0.3) is 0 Å². The minimum absolute atomic E-state index is 0.101. The minimum atomic E-state index is -0.212. The molecule has 1 aliphatic rings. The average molecular weight is 354 g/mol. The fourth-order valence-corrected chi connectivity index (χ4v) is 3.46. The number of hydrogen-bond donors (Lipinski definition) is 1. The maximum atomic E-state index is 12.5. The highest BCUT2D eigenvalue weighted by Crippen LogP contribution is 2.23. The molecule has 0 aromatic carbocycles. The summed E-state index contributed by atoms with van der Waals surface area (Å²) in [5, 5.41) is 3.00. The molecule has 2 aromatic rings. The van der Waals surface area contributed by atoms with Crippen molar-refractivity contribution in [1.82, 2.24) is 19.8 Å². The van der Waals surface area contributed by atoms with Gasteiger partial charge in [-0.3, -0.25) is 19.5 Å². The van der Waals surface area contributed by atoms with Crippen molar-refractivity contribution in [2.24, 2.45) is 0 Å². The second-order valence-electron chi connectivity index (χ2n) is 6.65. The molecule has 3 rings (SSSR count). The van der Waals surface area contributed by atoms with Crippen LogP contribution in [0.5, 0.6) is 0 Å². The van der Waals surface area contributed by atoms with Crippen molar-refractivity contribution in [2.75, 3.05) is 19.6 Å². The topological polar surface area (TPSA) is 67.2 Å². The van der Waals surface area contributed by atoms with E-state index < -0.39 is 0 Å². The summed E-state index contributed by atoms with van der Waals surface area (Å²) < 4.78 is 1.57. The van der Waals surface area contributed by atoms with Crippen molar-refractivity contribution in [3.8, 4) is 0 Å². The molecule has 1 atom stereocenters. The number of aryl methyl sites for hydroxylation is 1. The third-order valence-electron chi connectivity index (χ3n) is 4.96. The number of nitrogens with one attached hydrogen (secondary N) is 1. The van der Waals surface area contributed by atoms with Gasteiger partial charge in [0.05, 0.1) is 6.04 Å². The average Bonchev–Trinajstić information content (AvgIpc) is 2.69. The zero-order valence-electron chi connectivity index (χ0n) is 15.2.